The first-order valence-corrected chi connectivity index (χ1v) is 6.76. The van der Waals surface area contributed by atoms with Crippen molar-refractivity contribution in [3.8, 4) is 0 Å². The number of nitrogens with one attached hydrogen (secondary N) is 1. The zero-order valence-electron chi connectivity index (χ0n) is 10.8. The summed E-state index contributed by atoms with van der Waals surface area (Å²) in [4.78, 5) is 12.2. The molecule has 4 heteroatoms. The van der Waals surface area contributed by atoms with Gasteiger partial charge in [0, 0.05) is 19.1 Å². The molecule has 1 N–H and O–H groups in total. The third kappa shape index (κ3) is 2.99. The van der Waals surface area contributed by atoms with Crippen LogP contribution in [-0.4, -0.2) is 36.9 Å². The Labute approximate surface area is 103 Å². The summed E-state index contributed by atoms with van der Waals surface area (Å²) in [7, 11) is 0. The van der Waals surface area contributed by atoms with E-state index in [1.807, 2.05) is 6.92 Å². The summed E-state index contributed by atoms with van der Waals surface area (Å²) in [5, 5.41) is 3.50. The van der Waals surface area contributed by atoms with E-state index < -0.39 is 5.54 Å². The van der Waals surface area contributed by atoms with Crippen molar-refractivity contribution < 1.29 is 14.3 Å². The lowest BCUT2D eigenvalue weighted by atomic mass is 9.85. The number of rotatable bonds is 5. The van der Waals surface area contributed by atoms with Gasteiger partial charge in [-0.2, -0.15) is 0 Å². The molecule has 4 nitrogen and oxygen atoms in total. The maximum Gasteiger partial charge on any atom is 0.326 e. The topological polar surface area (TPSA) is 47.6 Å². The Morgan fingerprint density at radius 3 is 2.82 bits per heavy atom. The predicted octanol–water partition coefficient (Wildman–Crippen LogP) is 1.63. The van der Waals surface area contributed by atoms with Gasteiger partial charge in [0.25, 0.3) is 0 Å². The van der Waals surface area contributed by atoms with Gasteiger partial charge in [0.05, 0.1) is 12.7 Å². The van der Waals surface area contributed by atoms with Crippen LogP contribution in [0.5, 0.6) is 0 Å². The van der Waals surface area contributed by atoms with Crippen LogP contribution in [-0.2, 0) is 14.3 Å². The highest BCUT2D eigenvalue weighted by Crippen LogP contribution is 2.32. The van der Waals surface area contributed by atoms with E-state index in [-0.39, 0.29) is 12.1 Å². The quantitative estimate of drug-likeness (QED) is 0.743. The summed E-state index contributed by atoms with van der Waals surface area (Å²) >= 11 is 0. The molecule has 0 aromatic carbocycles. The highest BCUT2D eigenvalue weighted by molar-refractivity contribution is 5.81. The van der Waals surface area contributed by atoms with Crippen molar-refractivity contribution in [3.63, 3.8) is 0 Å². The van der Waals surface area contributed by atoms with Gasteiger partial charge in [0.15, 0.2) is 0 Å². The fourth-order valence-corrected chi connectivity index (χ4v) is 2.47. The second kappa shape index (κ2) is 5.36. The fourth-order valence-electron chi connectivity index (χ4n) is 2.47. The van der Waals surface area contributed by atoms with Crippen LogP contribution in [0, 0.1) is 0 Å². The summed E-state index contributed by atoms with van der Waals surface area (Å²) < 4.78 is 10.9. The van der Waals surface area contributed by atoms with E-state index in [9.17, 15) is 4.79 Å². The Hall–Kier alpha value is -0.610. The van der Waals surface area contributed by atoms with Gasteiger partial charge in [-0.3, -0.25) is 10.1 Å². The minimum atomic E-state index is -0.490. The molecule has 1 aliphatic carbocycles. The molecule has 1 aliphatic heterocycles. The highest BCUT2D eigenvalue weighted by atomic mass is 16.5. The summed E-state index contributed by atoms with van der Waals surface area (Å²) in [5.41, 5.74) is -0.490. The van der Waals surface area contributed by atoms with Gasteiger partial charge in [-0.05, 0) is 32.6 Å². The summed E-state index contributed by atoms with van der Waals surface area (Å²) in [6.45, 7) is 5.06. The molecule has 0 aromatic rings. The third-order valence-electron chi connectivity index (χ3n) is 3.64. The molecule has 0 bridgehead atoms. The normalized spacial score (nSPS) is 33.4. The minimum absolute atomic E-state index is 0.0892. The van der Waals surface area contributed by atoms with Crippen molar-refractivity contribution in [2.24, 2.45) is 0 Å². The molecule has 0 aromatic heterocycles. The van der Waals surface area contributed by atoms with Gasteiger partial charge >= 0.3 is 5.97 Å². The molecular weight excluding hydrogens is 218 g/mol. The standard InChI is InChI=1S/C13H23NO3/c1-3-11-9-13(7-8-17-11,12(15)16-4-2)14-10-5-6-10/h10-11,14H,3-9H2,1-2H3. The lowest BCUT2D eigenvalue weighted by Crippen LogP contribution is -2.58. The van der Waals surface area contributed by atoms with E-state index in [1.54, 1.807) is 0 Å². The zero-order valence-corrected chi connectivity index (χ0v) is 10.8. The van der Waals surface area contributed by atoms with E-state index in [1.165, 1.54) is 12.8 Å². The van der Waals surface area contributed by atoms with Gasteiger partial charge in [-0.1, -0.05) is 6.92 Å². The van der Waals surface area contributed by atoms with Gasteiger partial charge in [-0.15, -0.1) is 0 Å². The SMILES string of the molecule is CCOC(=O)C1(NC2CC2)CCOC(CC)C1. The first-order valence-electron chi connectivity index (χ1n) is 6.76. The van der Waals surface area contributed by atoms with Crippen molar-refractivity contribution in [1.29, 1.82) is 0 Å². The number of ether oxygens (including phenoxy) is 2. The summed E-state index contributed by atoms with van der Waals surface area (Å²) in [6.07, 6.45) is 4.97. The average molecular weight is 241 g/mol. The lowest BCUT2D eigenvalue weighted by Gasteiger charge is -2.39. The Kier molecular flexibility index (Phi) is 4.05. The van der Waals surface area contributed by atoms with Crippen molar-refractivity contribution >= 4 is 5.97 Å². The van der Waals surface area contributed by atoms with Gasteiger partial charge in [0.2, 0.25) is 0 Å². The average Bonchev–Trinajstić information content (AvgIpc) is 3.13. The van der Waals surface area contributed by atoms with Crippen LogP contribution in [0.4, 0.5) is 0 Å². The molecule has 2 aliphatic rings. The van der Waals surface area contributed by atoms with E-state index in [0.717, 1.165) is 19.3 Å². The molecule has 98 valence electrons. The Bertz CT molecular complexity index is 278. The Morgan fingerprint density at radius 2 is 2.24 bits per heavy atom. The van der Waals surface area contributed by atoms with Crippen LogP contribution in [0.25, 0.3) is 0 Å². The predicted molar refractivity (Wildman–Crippen MR) is 64.8 cm³/mol. The van der Waals surface area contributed by atoms with Gasteiger partial charge < -0.3 is 9.47 Å². The third-order valence-corrected chi connectivity index (χ3v) is 3.64. The highest BCUT2D eigenvalue weighted by Gasteiger charge is 2.47. The molecule has 2 fully saturated rings. The smallest absolute Gasteiger partial charge is 0.326 e. The lowest BCUT2D eigenvalue weighted by molar-refractivity contribution is -0.158. The van der Waals surface area contributed by atoms with E-state index >= 15 is 0 Å². The number of carbonyl (C=O) groups is 1. The van der Waals surface area contributed by atoms with Crippen LogP contribution >= 0.6 is 0 Å². The summed E-state index contributed by atoms with van der Waals surface area (Å²) in [6, 6.07) is 0.509. The molecule has 1 heterocycles. The van der Waals surface area contributed by atoms with Gasteiger partial charge in [-0.25, -0.2) is 0 Å². The first-order chi connectivity index (χ1) is 8.20. The van der Waals surface area contributed by atoms with Crippen molar-refractivity contribution in [2.75, 3.05) is 13.2 Å². The molecular formula is C13H23NO3. The first kappa shape index (κ1) is 12.8. The molecule has 2 unspecified atom stereocenters. The molecule has 1 saturated heterocycles. The van der Waals surface area contributed by atoms with Crippen molar-refractivity contribution in [3.05, 3.63) is 0 Å². The van der Waals surface area contributed by atoms with Gasteiger partial charge in [0.1, 0.15) is 5.54 Å². The van der Waals surface area contributed by atoms with Crippen molar-refractivity contribution in [1.82, 2.24) is 5.32 Å². The van der Waals surface area contributed by atoms with Crippen LogP contribution in [0.15, 0.2) is 0 Å². The van der Waals surface area contributed by atoms with Crippen LogP contribution in [0.2, 0.25) is 0 Å². The van der Waals surface area contributed by atoms with E-state index in [2.05, 4.69) is 12.2 Å². The van der Waals surface area contributed by atoms with Crippen LogP contribution in [0.1, 0.15) is 46.0 Å². The Morgan fingerprint density at radius 1 is 1.47 bits per heavy atom. The Balaban J connectivity index is 2.06. The molecule has 17 heavy (non-hydrogen) atoms. The molecule has 0 spiro atoms. The maximum absolute atomic E-state index is 12.2. The second-order valence-corrected chi connectivity index (χ2v) is 5.08. The van der Waals surface area contributed by atoms with Crippen LogP contribution < -0.4 is 5.32 Å². The number of hydrogen-bond donors (Lipinski definition) is 1. The molecule has 2 rings (SSSR count). The number of carbonyl (C=O) groups excluding carboxylic acids is 1. The van der Waals surface area contributed by atoms with Crippen LogP contribution in [0.3, 0.4) is 0 Å². The largest absolute Gasteiger partial charge is 0.465 e. The summed E-state index contributed by atoms with van der Waals surface area (Å²) in [5.74, 6) is -0.0892. The van der Waals surface area contributed by atoms with E-state index in [4.69, 9.17) is 9.47 Å². The number of hydrogen-bond acceptors (Lipinski definition) is 4. The monoisotopic (exact) mass is 241 g/mol. The number of esters is 1. The maximum atomic E-state index is 12.2. The molecule has 1 saturated carbocycles. The van der Waals surface area contributed by atoms with E-state index in [0.29, 0.717) is 19.3 Å². The molecule has 2 atom stereocenters. The molecule has 0 amide bonds. The molecule has 0 radical (unpaired) electrons. The fraction of sp³-hybridized carbons (Fsp3) is 0.923. The van der Waals surface area contributed by atoms with Crippen molar-refractivity contribution in [2.45, 2.75) is 63.6 Å². The zero-order chi connectivity index (χ0) is 12.3. The second-order valence-electron chi connectivity index (χ2n) is 5.08. The minimum Gasteiger partial charge on any atom is -0.465 e.